The zero-order valence-electron chi connectivity index (χ0n) is 11.8. The van der Waals surface area contributed by atoms with E-state index in [1.165, 1.54) is 4.90 Å². The molecule has 0 saturated carbocycles. The minimum Gasteiger partial charge on any atom is -0.481 e. The lowest BCUT2D eigenvalue weighted by Gasteiger charge is -2.28. The van der Waals surface area contributed by atoms with E-state index in [0.29, 0.717) is 25.0 Å². The number of rotatable bonds is 2. The molecule has 2 aromatic rings. The number of fused-ring (bicyclic) bond motifs is 1. The number of pyridine rings is 1. The molecule has 0 radical (unpaired) electrons. The fourth-order valence-corrected chi connectivity index (χ4v) is 2.99. The molecule has 6 nitrogen and oxygen atoms in total. The third-order valence-electron chi connectivity index (χ3n) is 4.10. The standard InChI is InChI=1S/C15H17N3O3/c1-17-13(19)7-4-5-10(15(20)21)14(17)11-9-18-8-3-2-6-12(18)16-11/h2-3,6,8-10,14H,4-5,7H2,1H3,(H,20,21). The summed E-state index contributed by atoms with van der Waals surface area (Å²) in [5.41, 5.74) is 1.38. The average Bonchev–Trinajstić information content (AvgIpc) is 2.82. The number of imidazole rings is 1. The Labute approximate surface area is 122 Å². The third-order valence-corrected chi connectivity index (χ3v) is 4.10. The molecule has 0 bridgehead atoms. The van der Waals surface area contributed by atoms with Gasteiger partial charge in [-0.05, 0) is 25.0 Å². The fourth-order valence-electron chi connectivity index (χ4n) is 2.99. The smallest absolute Gasteiger partial charge is 0.309 e. The van der Waals surface area contributed by atoms with Crippen LogP contribution in [0, 0.1) is 5.92 Å². The molecule has 21 heavy (non-hydrogen) atoms. The van der Waals surface area contributed by atoms with Crippen LogP contribution >= 0.6 is 0 Å². The maximum atomic E-state index is 12.1. The van der Waals surface area contributed by atoms with E-state index in [4.69, 9.17) is 0 Å². The molecule has 6 heteroatoms. The van der Waals surface area contributed by atoms with E-state index < -0.39 is 17.9 Å². The Bertz CT molecular complexity index is 661. The molecule has 110 valence electrons. The molecule has 1 saturated heterocycles. The topological polar surface area (TPSA) is 74.9 Å². The zero-order chi connectivity index (χ0) is 15.0. The molecule has 0 aromatic carbocycles. The number of hydrogen-bond donors (Lipinski definition) is 1. The molecule has 3 rings (SSSR count). The van der Waals surface area contributed by atoms with Crippen molar-refractivity contribution < 1.29 is 14.7 Å². The van der Waals surface area contributed by atoms with E-state index in [2.05, 4.69) is 4.98 Å². The van der Waals surface area contributed by atoms with E-state index in [0.717, 1.165) is 5.65 Å². The quantitative estimate of drug-likeness (QED) is 0.912. The summed E-state index contributed by atoms with van der Waals surface area (Å²) in [7, 11) is 1.66. The lowest BCUT2D eigenvalue weighted by atomic mass is 9.93. The Morgan fingerprint density at radius 3 is 2.95 bits per heavy atom. The van der Waals surface area contributed by atoms with Gasteiger partial charge in [0, 0.05) is 25.9 Å². The molecule has 0 aliphatic carbocycles. The number of carbonyl (C=O) groups excluding carboxylic acids is 1. The Morgan fingerprint density at radius 2 is 2.24 bits per heavy atom. The molecule has 2 unspecified atom stereocenters. The Morgan fingerprint density at radius 1 is 1.43 bits per heavy atom. The molecule has 0 spiro atoms. The van der Waals surface area contributed by atoms with Gasteiger partial charge in [-0.1, -0.05) is 6.07 Å². The van der Waals surface area contributed by atoms with Crippen LogP contribution in [-0.4, -0.2) is 38.3 Å². The summed E-state index contributed by atoms with van der Waals surface area (Å²) in [4.78, 5) is 29.7. The van der Waals surface area contributed by atoms with Crippen LogP contribution in [0.15, 0.2) is 30.6 Å². The van der Waals surface area contributed by atoms with Crippen LogP contribution in [0.4, 0.5) is 0 Å². The first-order chi connectivity index (χ1) is 10.1. The Hall–Kier alpha value is -2.37. The summed E-state index contributed by atoms with van der Waals surface area (Å²) in [6.07, 6.45) is 5.16. The van der Waals surface area contributed by atoms with Crippen molar-refractivity contribution in [1.29, 1.82) is 0 Å². The van der Waals surface area contributed by atoms with Crippen LogP contribution in [0.5, 0.6) is 0 Å². The number of carboxylic acid groups (broad SMARTS) is 1. The summed E-state index contributed by atoms with van der Waals surface area (Å²) >= 11 is 0. The second-order valence-electron chi connectivity index (χ2n) is 5.42. The lowest BCUT2D eigenvalue weighted by molar-refractivity contribution is -0.145. The zero-order valence-corrected chi connectivity index (χ0v) is 11.8. The van der Waals surface area contributed by atoms with Crippen molar-refractivity contribution in [1.82, 2.24) is 14.3 Å². The first kappa shape index (κ1) is 13.6. The predicted molar refractivity (Wildman–Crippen MR) is 75.7 cm³/mol. The number of carbonyl (C=O) groups is 2. The van der Waals surface area contributed by atoms with Crippen LogP contribution in [0.3, 0.4) is 0 Å². The van der Waals surface area contributed by atoms with Gasteiger partial charge in [-0.25, -0.2) is 4.98 Å². The summed E-state index contributed by atoms with van der Waals surface area (Å²) in [5.74, 6) is -1.52. The van der Waals surface area contributed by atoms with E-state index >= 15 is 0 Å². The minimum absolute atomic E-state index is 0.0270. The van der Waals surface area contributed by atoms with E-state index in [9.17, 15) is 14.7 Å². The highest BCUT2D eigenvalue weighted by atomic mass is 16.4. The number of amides is 1. The van der Waals surface area contributed by atoms with Gasteiger partial charge in [0.25, 0.3) is 0 Å². The van der Waals surface area contributed by atoms with Crippen LogP contribution < -0.4 is 0 Å². The first-order valence-electron chi connectivity index (χ1n) is 7.00. The number of likely N-dealkylation sites (tertiary alicyclic amines) is 1. The van der Waals surface area contributed by atoms with Crippen molar-refractivity contribution in [2.24, 2.45) is 5.92 Å². The van der Waals surface area contributed by atoms with Gasteiger partial charge in [0.2, 0.25) is 5.91 Å². The van der Waals surface area contributed by atoms with Crippen molar-refractivity contribution in [3.63, 3.8) is 0 Å². The van der Waals surface area contributed by atoms with E-state index in [-0.39, 0.29) is 5.91 Å². The van der Waals surface area contributed by atoms with Crippen LogP contribution in [-0.2, 0) is 9.59 Å². The maximum absolute atomic E-state index is 12.1. The van der Waals surface area contributed by atoms with Crippen LogP contribution in [0.1, 0.15) is 31.0 Å². The largest absolute Gasteiger partial charge is 0.481 e. The van der Waals surface area contributed by atoms with E-state index in [1.54, 1.807) is 7.05 Å². The normalized spacial score (nSPS) is 23.3. The van der Waals surface area contributed by atoms with Gasteiger partial charge in [-0.2, -0.15) is 0 Å². The molecule has 2 aromatic heterocycles. The van der Waals surface area contributed by atoms with Crippen molar-refractivity contribution in [2.75, 3.05) is 7.05 Å². The Balaban J connectivity index is 2.08. The second-order valence-corrected chi connectivity index (χ2v) is 5.42. The highest BCUT2D eigenvalue weighted by Crippen LogP contribution is 2.34. The molecule has 1 amide bonds. The average molecular weight is 287 g/mol. The van der Waals surface area contributed by atoms with Crippen molar-refractivity contribution in [3.8, 4) is 0 Å². The fraction of sp³-hybridized carbons (Fsp3) is 0.400. The number of nitrogens with zero attached hydrogens (tertiary/aromatic N) is 3. The van der Waals surface area contributed by atoms with Gasteiger partial charge in [0.1, 0.15) is 5.65 Å². The van der Waals surface area contributed by atoms with E-state index in [1.807, 2.05) is 35.0 Å². The number of aromatic nitrogens is 2. The maximum Gasteiger partial charge on any atom is 0.309 e. The van der Waals surface area contributed by atoms with Gasteiger partial charge in [0.05, 0.1) is 17.7 Å². The number of carboxylic acids is 1. The summed E-state index contributed by atoms with van der Waals surface area (Å²) in [6, 6.07) is 5.10. The van der Waals surface area contributed by atoms with Gasteiger partial charge in [-0.3, -0.25) is 9.59 Å². The number of hydrogen-bond acceptors (Lipinski definition) is 3. The Kier molecular flexibility index (Phi) is 3.37. The molecule has 1 aliphatic rings. The van der Waals surface area contributed by atoms with Crippen molar-refractivity contribution in [2.45, 2.75) is 25.3 Å². The molecule has 1 fully saturated rings. The van der Waals surface area contributed by atoms with Gasteiger partial charge in [-0.15, -0.1) is 0 Å². The molecular formula is C15H17N3O3. The number of aliphatic carboxylic acids is 1. The predicted octanol–water partition coefficient (Wildman–Crippen LogP) is 1.72. The minimum atomic E-state index is -0.876. The summed E-state index contributed by atoms with van der Waals surface area (Å²) in [6.45, 7) is 0. The van der Waals surface area contributed by atoms with Crippen molar-refractivity contribution >= 4 is 17.5 Å². The molecule has 2 atom stereocenters. The second kappa shape index (κ2) is 5.20. The molecule has 3 heterocycles. The van der Waals surface area contributed by atoms with Gasteiger partial charge >= 0.3 is 5.97 Å². The van der Waals surface area contributed by atoms with Crippen LogP contribution in [0.2, 0.25) is 0 Å². The highest BCUT2D eigenvalue weighted by molar-refractivity contribution is 5.79. The first-order valence-corrected chi connectivity index (χ1v) is 7.00. The van der Waals surface area contributed by atoms with Gasteiger partial charge < -0.3 is 14.4 Å². The molecule has 1 aliphatic heterocycles. The van der Waals surface area contributed by atoms with Crippen LogP contribution in [0.25, 0.3) is 5.65 Å². The monoisotopic (exact) mass is 287 g/mol. The molecular weight excluding hydrogens is 270 g/mol. The van der Waals surface area contributed by atoms with Crippen molar-refractivity contribution in [3.05, 3.63) is 36.3 Å². The summed E-state index contributed by atoms with van der Waals surface area (Å²) < 4.78 is 1.84. The highest BCUT2D eigenvalue weighted by Gasteiger charge is 2.38. The third kappa shape index (κ3) is 2.37. The molecule has 1 N–H and O–H groups in total. The summed E-state index contributed by atoms with van der Waals surface area (Å²) in [5, 5.41) is 9.50. The van der Waals surface area contributed by atoms with Gasteiger partial charge in [0.15, 0.2) is 0 Å². The SMILES string of the molecule is CN1C(=O)CCCC(C(=O)O)C1c1cn2ccccc2n1. The lowest BCUT2D eigenvalue weighted by Crippen LogP contribution is -2.36.